The molecule has 0 aliphatic carbocycles. The lowest BCUT2D eigenvalue weighted by molar-refractivity contribution is 0.800. The lowest BCUT2D eigenvalue weighted by atomic mass is 10.1. The van der Waals surface area contributed by atoms with Crippen LogP contribution in [-0.4, -0.2) is 14.8 Å². The van der Waals surface area contributed by atoms with Gasteiger partial charge in [0.15, 0.2) is 4.77 Å². The summed E-state index contributed by atoms with van der Waals surface area (Å²) < 4.78 is 2.69. The number of aromatic amines is 1. The number of H-pyrrole nitrogens is 1. The Balaban J connectivity index is 2.59. The molecule has 0 aliphatic heterocycles. The molecule has 2 rings (SSSR count). The van der Waals surface area contributed by atoms with E-state index >= 15 is 0 Å². The fourth-order valence-corrected chi connectivity index (χ4v) is 2.32. The minimum absolute atomic E-state index is 0.665. The summed E-state index contributed by atoms with van der Waals surface area (Å²) in [5.41, 5.74) is 3.58. The molecule has 0 amide bonds. The molecule has 1 N–H and O–H groups in total. The van der Waals surface area contributed by atoms with Crippen LogP contribution in [0.2, 0.25) is 0 Å². The molecule has 0 radical (unpaired) electrons. The number of nitrogens with one attached hydrogen (secondary N) is 1. The summed E-state index contributed by atoms with van der Waals surface area (Å²) in [6.45, 7) is 6.34. The Labute approximate surface area is 106 Å². The molecule has 2 aromatic rings. The Bertz CT molecular complexity index is 560. The Morgan fingerprint density at radius 3 is 2.47 bits per heavy atom. The second-order valence-corrected chi connectivity index (χ2v) is 4.76. The van der Waals surface area contributed by atoms with E-state index in [0.717, 1.165) is 24.4 Å². The van der Waals surface area contributed by atoms with Gasteiger partial charge in [-0.3, -0.25) is 9.67 Å². The summed E-state index contributed by atoms with van der Waals surface area (Å²) in [6.07, 6.45) is 1.99. The fourth-order valence-electron chi connectivity index (χ4n) is 2.07. The average molecular weight is 247 g/mol. The van der Waals surface area contributed by atoms with Gasteiger partial charge in [-0.15, -0.1) is 0 Å². The van der Waals surface area contributed by atoms with Gasteiger partial charge in [0.2, 0.25) is 0 Å². The molecule has 0 unspecified atom stereocenters. The van der Waals surface area contributed by atoms with Gasteiger partial charge in [0.05, 0.1) is 5.69 Å². The third kappa shape index (κ3) is 2.47. The lowest BCUT2D eigenvalue weighted by Gasteiger charge is -2.08. The second-order valence-electron chi connectivity index (χ2n) is 4.38. The third-order valence-corrected chi connectivity index (χ3v) is 2.95. The normalized spacial score (nSPS) is 10.8. The van der Waals surface area contributed by atoms with Crippen molar-refractivity contribution in [3.8, 4) is 5.69 Å². The van der Waals surface area contributed by atoms with Gasteiger partial charge in [-0.2, -0.15) is 5.10 Å². The molecule has 0 bridgehead atoms. The van der Waals surface area contributed by atoms with Gasteiger partial charge in [0.25, 0.3) is 0 Å². The molecule has 0 spiro atoms. The highest BCUT2D eigenvalue weighted by molar-refractivity contribution is 7.71. The SMILES string of the molecule is CCCc1n[nH]c(=S)n1-c1cc(C)cc(C)c1. The van der Waals surface area contributed by atoms with Crippen LogP contribution in [0, 0.1) is 18.6 Å². The van der Waals surface area contributed by atoms with Crippen molar-refractivity contribution < 1.29 is 0 Å². The zero-order valence-electron chi connectivity index (χ0n) is 10.4. The molecule has 1 aromatic carbocycles. The van der Waals surface area contributed by atoms with Crippen LogP contribution in [-0.2, 0) is 6.42 Å². The highest BCUT2D eigenvalue weighted by Crippen LogP contribution is 2.16. The third-order valence-electron chi connectivity index (χ3n) is 2.68. The van der Waals surface area contributed by atoms with Crippen LogP contribution in [0.5, 0.6) is 0 Å². The van der Waals surface area contributed by atoms with Gasteiger partial charge in [0, 0.05) is 6.42 Å². The molecule has 3 nitrogen and oxygen atoms in total. The second kappa shape index (κ2) is 4.84. The molecule has 1 heterocycles. The van der Waals surface area contributed by atoms with Crippen molar-refractivity contribution in [2.75, 3.05) is 0 Å². The first-order valence-electron chi connectivity index (χ1n) is 5.86. The summed E-state index contributed by atoms with van der Waals surface area (Å²) in [6, 6.07) is 6.43. The monoisotopic (exact) mass is 247 g/mol. The molecule has 17 heavy (non-hydrogen) atoms. The van der Waals surface area contributed by atoms with E-state index in [4.69, 9.17) is 12.2 Å². The Kier molecular flexibility index (Phi) is 3.43. The van der Waals surface area contributed by atoms with E-state index in [1.54, 1.807) is 0 Å². The first-order valence-corrected chi connectivity index (χ1v) is 6.27. The van der Waals surface area contributed by atoms with Crippen molar-refractivity contribution in [1.29, 1.82) is 0 Å². The van der Waals surface area contributed by atoms with E-state index in [0.29, 0.717) is 4.77 Å². The van der Waals surface area contributed by atoms with E-state index in [2.05, 4.69) is 49.2 Å². The van der Waals surface area contributed by atoms with Crippen molar-refractivity contribution >= 4 is 12.2 Å². The predicted octanol–water partition coefficient (Wildman–Crippen LogP) is 3.50. The molecule has 0 saturated heterocycles. The summed E-state index contributed by atoms with van der Waals surface area (Å²) in [5, 5.41) is 7.16. The molecular weight excluding hydrogens is 230 g/mol. The van der Waals surface area contributed by atoms with Crippen LogP contribution in [0.4, 0.5) is 0 Å². The first kappa shape index (κ1) is 12.0. The van der Waals surface area contributed by atoms with E-state index in [-0.39, 0.29) is 0 Å². The molecule has 0 fully saturated rings. The maximum Gasteiger partial charge on any atom is 0.199 e. The van der Waals surface area contributed by atoms with Crippen molar-refractivity contribution in [3.05, 3.63) is 39.9 Å². The molecule has 1 aromatic heterocycles. The molecule has 4 heteroatoms. The minimum Gasteiger partial charge on any atom is -0.272 e. The van der Waals surface area contributed by atoms with Gasteiger partial charge in [0.1, 0.15) is 5.82 Å². The predicted molar refractivity (Wildman–Crippen MR) is 72.2 cm³/mol. The highest BCUT2D eigenvalue weighted by atomic mass is 32.1. The van der Waals surface area contributed by atoms with Crippen LogP contribution < -0.4 is 0 Å². The lowest BCUT2D eigenvalue weighted by Crippen LogP contribution is -2.02. The van der Waals surface area contributed by atoms with Crippen molar-refractivity contribution in [3.63, 3.8) is 0 Å². The average Bonchev–Trinajstić information content (AvgIpc) is 2.59. The number of hydrogen-bond acceptors (Lipinski definition) is 2. The van der Waals surface area contributed by atoms with E-state index in [9.17, 15) is 0 Å². The fraction of sp³-hybridized carbons (Fsp3) is 0.385. The zero-order chi connectivity index (χ0) is 12.4. The Morgan fingerprint density at radius 2 is 1.88 bits per heavy atom. The molecular formula is C13H17N3S. The molecule has 0 saturated carbocycles. The number of hydrogen-bond donors (Lipinski definition) is 1. The van der Waals surface area contributed by atoms with Gasteiger partial charge in [-0.1, -0.05) is 13.0 Å². The maximum atomic E-state index is 5.30. The van der Waals surface area contributed by atoms with Crippen molar-refractivity contribution in [2.45, 2.75) is 33.6 Å². The Hall–Kier alpha value is -1.42. The van der Waals surface area contributed by atoms with Crippen molar-refractivity contribution in [1.82, 2.24) is 14.8 Å². The smallest absolute Gasteiger partial charge is 0.199 e. The number of benzene rings is 1. The summed E-state index contributed by atoms with van der Waals surface area (Å²) in [5.74, 6) is 1.00. The minimum atomic E-state index is 0.665. The van der Waals surface area contributed by atoms with E-state index < -0.39 is 0 Å². The van der Waals surface area contributed by atoms with Crippen molar-refractivity contribution in [2.24, 2.45) is 0 Å². The number of nitrogens with zero attached hydrogens (tertiary/aromatic N) is 2. The molecule has 0 aliphatic rings. The van der Waals surface area contributed by atoms with Crippen LogP contribution in [0.15, 0.2) is 18.2 Å². The first-order chi connectivity index (χ1) is 8.11. The number of aromatic nitrogens is 3. The van der Waals surface area contributed by atoms with Crippen LogP contribution in [0.1, 0.15) is 30.3 Å². The topological polar surface area (TPSA) is 33.6 Å². The number of rotatable bonds is 3. The van der Waals surface area contributed by atoms with E-state index in [1.165, 1.54) is 11.1 Å². The summed E-state index contributed by atoms with van der Waals surface area (Å²) in [7, 11) is 0. The highest BCUT2D eigenvalue weighted by Gasteiger charge is 2.07. The quantitative estimate of drug-likeness (QED) is 0.842. The van der Waals surface area contributed by atoms with Gasteiger partial charge >= 0.3 is 0 Å². The van der Waals surface area contributed by atoms with Gasteiger partial charge in [-0.25, -0.2) is 0 Å². The maximum absolute atomic E-state index is 5.30. The zero-order valence-corrected chi connectivity index (χ0v) is 11.3. The van der Waals surface area contributed by atoms with E-state index in [1.807, 2.05) is 4.57 Å². The van der Waals surface area contributed by atoms with Gasteiger partial charge < -0.3 is 0 Å². The Morgan fingerprint density at radius 1 is 1.24 bits per heavy atom. The standard InChI is InChI=1S/C13H17N3S/c1-4-5-12-14-15-13(17)16(12)11-7-9(2)6-10(3)8-11/h6-8H,4-5H2,1-3H3,(H,15,17). The summed E-state index contributed by atoms with van der Waals surface area (Å²) in [4.78, 5) is 0. The van der Waals surface area contributed by atoms with Crippen LogP contribution in [0.25, 0.3) is 5.69 Å². The molecule has 90 valence electrons. The number of aryl methyl sites for hydroxylation is 3. The van der Waals surface area contributed by atoms with Gasteiger partial charge in [-0.05, 0) is 55.7 Å². The summed E-state index contributed by atoms with van der Waals surface area (Å²) >= 11 is 5.30. The van der Waals surface area contributed by atoms with Crippen LogP contribution in [0.3, 0.4) is 0 Å². The molecule has 0 atom stereocenters. The van der Waals surface area contributed by atoms with Crippen LogP contribution >= 0.6 is 12.2 Å². The largest absolute Gasteiger partial charge is 0.272 e.